The lowest BCUT2D eigenvalue weighted by molar-refractivity contribution is 0.369. The highest BCUT2D eigenvalue weighted by Crippen LogP contribution is 2.32. The Morgan fingerprint density at radius 3 is 2.00 bits per heavy atom. The van der Waals surface area contributed by atoms with E-state index in [9.17, 15) is 0 Å². The Hall–Kier alpha value is -0.520. The molecular formula is C10H14. The Labute approximate surface area is 62.6 Å². The molecule has 0 fully saturated rings. The fourth-order valence-electron chi connectivity index (χ4n) is 2.03. The summed E-state index contributed by atoms with van der Waals surface area (Å²) in [7, 11) is 0. The van der Waals surface area contributed by atoms with Crippen LogP contribution in [0.4, 0.5) is 0 Å². The van der Waals surface area contributed by atoms with E-state index in [-0.39, 0.29) is 0 Å². The summed E-state index contributed by atoms with van der Waals surface area (Å²) in [5.41, 5.74) is 0. The Morgan fingerprint density at radius 2 is 1.50 bits per heavy atom. The van der Waals surface area contributed by atoms with Gasteiger partial charge in [0.2, 0.25) is 0 Å². The van der Waals surface area contributed by atoms with E-state index in [0.29, 0.717) is 0 Å². The molecular weight excluding hydrogens is 120 g/mol. The van der Waals surface area contributed by atoms with Crippen molar-refractivity contribution in [1.29, 1.82) is 0 Å². The van der Waals surface area contributed by atoms with Gasteiger partial charge in [-0.1, -0.05) is 24.3 Å². The van der Waals surface area contributed by atoms with Gasteiger partial charge in [0.05, 0.1) is 0 Å². The standard InChI is InChI=1S/C10H14/c1-2-6-10-8-4-3-7-9(10)5-1/h1,3,5,7,9-10H,2,4,6,8H2. The van der Waals surface area contributed by atoms with Crippen molar-refractivity contribution < 1.29 is 0 Å². The van der Waals surface area contributed by atoms with Crippen molar-refractivity contribution in [3.63, 3.8) is 0 Å². The second-order valence-corrected chi connectivity index (χ2v) is 3.35. The second-order valence-electron chi connectivity index (χ2n) is 3.35. The van der Waals surface area contributed by atoms with E-state index >= 15 is 0 Å². The minimum Gasteiger partial charge on any atom is -0.0879 e. The molecule has 0 nitrogen and oxygen atoms in total. The largest absolute Gasteiger partial charge is 0.0879 e. The number of hydrogen-bond donors (Lipinski definition) is 0. The van der Waals surface area contributed by atoms with Gasteiger partial charge in [0, 0.05) is 0 Å². The molecule has 0 radical (unpaired) electrons. The molecule has 0 heteroatoms. The van der Waals surface area contributed by atoms with Crippen LogP contribution in [0.1, 0.15) is 25.7 Å². The van der Waals surface area contributed by atoms with Crippen molar-refractivity contribution in [3.05, 3.63) is 24.3 Å². The van der Waals surface area contributed by atoms with Crippen LogP contribution in [0.2, 0.25) is 0 Å². The summed E-state index contributed by atoms with van der Waals surface area (Å²) in [6.07, 6.45) is 14.9. The van der Waals surface area contributed by atoms with Crippen molar-refractivity contribution in [2.75, 3.05) is 0 Å². The van der Waals surface area contributed by atoms with Crippen molar-refractivity contribution in [1.82, 2.24) is 0 Å². The first-order chi connectivity index (χ1) is 4.97. The first kappa shape index (κ1) is 6.21. The zero-order valence-corrected chi connectivity index (χ0v) is 6.29. The average Bonchev–Trinajstić information content (AvgIpc) is 2.05. The average molecular weight is 134 g/mol. The summed E-state index contributed by atoms with van der Waals surface area (Å²) in [5, 5.41) is 0. The minimum absolute atomic E-state index is 0.794. The highest BCUT2D eigenvalue weighted by Gasteiger charge is 2.20. The lowest BCUT2D eigenvalue weighted by atomic mass is 9.78. The van der Waals surface area contributed by atoms with Crippen LogP contribution in [0.15, 0.2) is 24.3 Å². The summed E-state index contributed by atoms with van der Waals surface area (Å²) >= 11 is 0. The maximum atomic E-state index is 2.38. The van der Waals surface area contributed by atoms with Crippen LogP contribution in [-0.2, 0) is 0 Å². The van der Waals surface area contributed by atoms with E-state index in [1.165, 1.54) is 25.7 Å². The van der Waals surface area contributed by atoms with Gasteiger partial charge in [0.15, 0.2) is 0 Å². The Morgan fingerprint density at radius 1 is 0.900 bits per heavy atom. The summed E-state index contributed by atoms with van der Waals surface area (Å²) in [4.78, 5) is 0. The van der Waals surface area contributed by atoms with Crippen LogP contribution in [-0.4, -0.2) is 0 Å². The van der Waals surface area contributed by atoms with Crippen LogP contribution >= 0.6 is 0 Å². The zero-order valence-electron chi connectivity index (χ0n) is 6.29. The molecule has 54 valence electrons. The fourth-order valence-corrected chi connectivity index (χ4v) is 2.03. The maximum absolute atomic E-state index is 2.38. The molecule has 2 rings (SSSR count). The highest BCUT2D eigenvalue weighted by molar-refractivity contribution is 5.09. The predicted molar refractivity (Wildman–Crippen MR) is 43.7 cm³/mol. The third-order valence-corrected chi connectivity index (χ3v) is 2.67. The smallest absolute Gasteiger partial charge is 0.00250 e. The molecule has 0 unspecified atom stereocenters. The molecule has 2 aliphatic carbocycles. The van der Waals surface area contributed by atoms with Crippen molar-refractivity contribution in [3.8, 4) is 0 Å². The van der Waals surface area contributed by atoms with Gasteiger partial charge in [-0.25, -0.2) is 0 Å². The van der Waals surface area contributed by atoms with Crippen molar-refractivity contribution in [2.45, 2.75) is 25.7 Å². The quantitative estimate of drug-likeness (QED) is 0.447. The minimum atomic E-state index is 0.794. The lowest BCUT2D eigenvalue weighted by Gasteiger charge is -2.27. The highest BCUT2D eigenvalue weighted by atomic mass is 14.2. The van der Waals surface area contributed by atoms with Crippen LogP contribution in [0.25, 0.3) is 0 Å². The van der Waals surface area contributed by atoms with E-state index in [2.05, 4.69) is 24.3 Å². The van der Waals surface area contributed by atoms with Gasteiger partial charge < -0.3 is 0 Å². The molecule has 0 N–H and O–H groups in total. The van der Waals surface area contributed by atoms with Gasteiger partial charge in [-0.2, -0.15) is 0 Å². The van der Waals surface area contributed by atoms with Gasteiger partial charge in [0.1, 0.15) is 0 Å². The first-order valence-electron chi connectivity index (χ1n) is 4.30. The van der Waals surface area contributed by atoms with E-state index in [1.54, 1.807) is 0 Å². The summed E-state index contributed by atoms with van der Waals surface area (Å²) in [6, 6.07) is 0. The van der Waals surface area contributed by atoms with Crippen molar-refractivity contribution in [2.24, 2.45) is 11.8 Å². The zero-order chi connectivity index (χ0) is 6.81. The van der Waals surface area contributed by atoms with E-state index in [4.69, 9.17) is 0 Å². The molecule has 0 spiro atoms. The Balaban J connectivity index is 2.15. The van der Waals surface area contributed by atoms with Gasteiger partial charge in [-0.05, 0) is 37.5 Å². The van der Waals surface area contributed by atoms with Gasteiger partial charge in [-0.15, -0.1) is 0 Å². The molecule has 0 aromatic heterocycles. The molecule has 0 heterocycles. The maximum Gasteiger partial charge on any atom is -0.00250 e. The van der Waals surface area contributed by atoms with E-state index < -0.39 is 0 Å². The SMILES string of the molecule is C1=CC2C=CCCC2CC1. The third-order valence-electron chi connectivity index (χ3n) is 2.67. The van der Waals surface area contributed by atoms with Crippen LogP contribution in [0.3, 0.4) is 0 Å². The van der Waals surface area contributed by atoms with Crippen LogP contribution in [0.5, 0.6) is 0 Å². The third kappa shape index (κ3) is 1.03. The first-order valence-corrected chi connectivity index (χ1v) is 4.30. The molecule has 0 amide bonds. The van der Waals surface area contributed by atoms with E-state index in [0.717, 1.165) is 11.8 Å². The topological polar surface area (TPSA) is 0 Å². The number of rotatable bonds is 0. The Kier molecular flexibility index (Phi) is 1.62. The summed E-state index contributed by atoms with van der Waals surface area (Å²) < 4.78 is 0. The van der Waals surface area contributed by atoms with Crippen molar-refractivity contribution >= 4 is 0 Å². The van der Waals surface area contributed by atoms with E-state index in [1.807, 2.05) is 0 Å². The van der Waals surface area contributed by atoms with Crippen LogP contribution < -0.4 is 0 Å². The molecule has 0 saturated heterocycles. The van der Waals surface area contributed by atoms with Crippen LogP contribution in [0, 0.1) is 11.8 Å². The molecule has 10 heavy (non-hydrogen) atoms. The molecule has 0 aromatic rings. The number of hydrogen-bond acceptors (Lipinski definition) is 0. The monoisotopic (exact) mass is 134 g/mol. The second kappa shape index (κ2) is 2.61. The number of allylic oxidation sites excluding steroid dienone is 4. The normalized spacial score (nSPS) is 37.6. The summed E-state index contributed by atoms with van der Waals surface area (Å²) in [6.45, 7) is 0. The molecule has 0 aromatic carbocycles. The number of fused-ring (bicyclic) bond motifs is 1. The molecule has 0 saturated carbocycles. The van der Waals surface area contributed by atoms with Gasteiger partial charge in [0.25, 0.3) is 0 Å². The predicted octanol–water partition coefficient (Wildman–Crippen LogP) is 2.92. The van der Waals surface area contributed by atoms with Gasteiger partial charge in [-0.3, -0.25) is 0 Å². The molecule has 2 aliphatic rings. The Bertz CT molecular complexity index is 147. The summed E-state index contributed by atoms with van der Waals surface area (Å²) in [5.74, 6) is 1.78. The lowest BCUT2D eigenvalue weighted by Crippen LogP contribution is -2.16. The molecule has 0 aliphatic heterocycles. The molecule has 0 bridgehead atoms. The fraction of sp³-hybridized carbons (Fsp3) is 0.600. The van der Waals surface area contributed by atoms with Gasteiger partial charge >= 0.3 is 0 Å². The molecule has 0 atom stereocenters.